The molecule has 1 atom stereocenters. The van der Waals surface area contributed by atoms with E-state index in [0.29, 0.717) is 6.54 Å². The van der Waals surface area contributed by atoms with E-state index in [1.807, 2.05) is 7.05 Å². The first-order valence-electron chi connectivity index (χ1n) is 4.10. The van der Waals surface area contributed by atoms with E-state index < -0.39 is 0 Å². The van der Waals surface area contributed by atoms with E-state index in [1.54, 1.807) is 6.92 Å². The van der Waals surface area contributed by atoms with E-state index in [4.69, 9.17) is 5.73 Å². The number of Topliss-reactive ketones (excluding diaryl/α,β-unsaturated/α-hetero) is 1. The number of unbranched alkanes of at least 4 members (excludes halogenated alkanes) is 1. The predicted octanol–water partition coefficient (Wildman–Crippen LogP) is 0.292. The molecule has 3 heteroatoms. The van der Waals surface area contributed by atoms with Gasteiger partial charge in [-0.2, -0.15) is 0 Å². The zero-order chi connectivity index (χ0) is 8.69. The summed E-state index contributed by atoms with van der Waals surface area (Å²) in [5, 5.41) is 2.97. The molecule has 0 heterocycles. The fraction of sp³-hybridized carbons (Fsp3) is 0.875. The molecule has 11 heavy (non-hydrogen) atoms. The highest BCUT2D eigenvalue weighted by Gasteiger charge is 2.09. The average Bonchev–Trinajstić information content (AvgIpc) is 1.97. The van der Waals surface area contributed by atoms with Crippen LogP contribution in [0.25, 0.3) is 0 Å². The van der Waals surface area contributed by atoms with Crippen molar-refractivity contribution in [1.82, 2.24) is 5.32 Å². The van der Waals surface area contributed by atoms with Crippen molar-refractivity contribution in [3.63, 3.8) is 0 Å². The van der Waals surface area contributed by atoms with E-state index in [1.165, 1.54) is 0 Å². The van der Waals surface area contributed by atoms with Gasteiger partial charge in [0.1, 0.15) is 5.78 Å². The van der Waals surface area contributed by atoms with Crippen molar-refractivity contribution in [3.05, 3.63) is 0 Å². The highest BCUT2D eigenvalue weighted by molar-refractivity contribution is 5.81. The number of carbonyl (C=O) groups excluding carboxylic acids is 1. The van der Waals surface area contributed by atoms with Gasteiger partial charge in [0.2, 0.25) is 0 Å². The van der Waals surface area contributed by atoms with Crippen LogP contribution in [0.1, 0.15) is 26.2 Å². The van der Waals surface area contributed by atoms with E-state index >= 15 is 0 Å². The van der Waals surface area contributed by atoms with E-state index in [9.17, 15) is 4.79 Å². The molecule has 3 N–H and O–H groups in total. The zero-order valence-electron chi connectivity index (χ0n) is 7.39. The van der Waals surface area contributed by atoms with Crippen LogP contribution in [0.5, 0.6) is 0 Å². The van der Waals surface area contributed by atoms with Crippen LogP contribution in [0, 0.1) is 0 Å². The van der Waals surface area contributed by atoms with Gasteiger partial charge in [0.15, 0.2) is 0 Å². The number of hydrogen-bond donors (Lipinski definition) is 2. The van der Waals surface area contributed by atoms with Crippen molar-refractivity contribution in [2.45, 2.75) is 32.2 Å². The van der Waals surface area contributed by atoms with Crippen molar-refractivity contribution in [1.29, 1.82) is 0 Å². The van der Waals surface area contributed by atoms with Crippen molar-refractivity contribution >= 4 is 5.78 Å². The van der Waals surface area contributed by atoms with Crippen molar-refractivity contribution < 1.29 is 4.79 Å². The predicted molar refractivity (Wildman–Crippen MR) is 46.4 cm³/mol. The second-order valence-electron chi connectivity index (χ2n) is 2.74. The summed E-state index contributed by atoms with van der Waals surface area (Å²) in [7, 11) is 1.81. The molecule has 0 saturated carbocycles. The van der Waals surface area contributed by atoms with E-state index in [0.717, 1.165) is 19.3 Å². The molecule has 0 aliphatic heterocycles. The van der Waals surface area contributed by atoms with Gasteiger partial charge in [-0.15, -0.1) is 0 Å². The van der Waals surface area contributed by atoms with Crippen LogP contribution in [0.3, 0.4) is 0 Å². The van der Waals surface area contributed by atoms with Crippen LogP contribution in [-0.4, -0.2) is 25.4 Å². The van der Waals surface area contributed by atoms with Gasteiger partial charge in [-0.3, -0.25) is 4.79 Å². The number of nitrogens with two attached hydrogens (primary N) is 1. The number of ketones is 1. The molecule has 0 saturated heterocycles. The third-order valence-corrected chi connectivity index (χ3v) is 1.79. The van der Waals surface area contributed by atoms with Crippen molar-refractivity contribution in [2.24, 2.45) is 5.73 Å². The second-order valence-corrected chi connectivity index (χ2v) is 2.74. The van der Waals surface area contributed by atoms with Crippen LogP contribution >= 0.6 is 0 Å². The molecule has 0 unspecified atom stereocenters. The molecule has 0 aliphatic carbocycles. The minimum Gasteiger partial charge on any atom is -0.330 e. The lowest BCUT2D eigenvalue weighted by atomic mass is 10.1. The monoisotopic (exact) mass is 158 g/mol. The molecule has 3 nitrogen and oxygen atoms in total. The molecule has 0 bridgehead atoms. The first kappa shape index (κ1) is 10.6. The summed E-state index contributed by atoms with van der Waals surface area (Å²) < 4.78 is 0. The van der Waals surface area contributed by atoms with Crippen molar-refractivity contribution in [2.75, 3.05) is 13.6 Å². The third-order valence-electron chi connectivity index (χ3n) is 1.79. The Labute approximate surface area is 68.3 Å². The first-order valence-corrected chi connectivity index (χ1v) is 4.10. The molecule has 0 aromatic heterocycles. The highest BCUT2D eigenvalue weighted by atomic mass is 16.1. The van der Waals surface area contributed by atoms with Gasteiger partial charge in [-0.25, -0.2) is 0 Å². The molecule has 0 aliphatic rings. The minimum absolute atomic E-state index is 0.0292. The first-order chi connectivity index (χ1) is 5.22. The Bertz CT molecular complexity index is 115. The Balaban J connectivity index is 3.44. The summed E-state index contributed by atoms with van der Waals surface area (Å²) in [5.41, 5.74) is 5.33. The zero-order valence-corrected chi connectivity index (χ0v) is 7.39. The average molecular weight is 158 g/mol. The molecule has 0 aromatic carbocycles. The van der Waals surface area contributed by atoms with Gasteiger partial charge in [0.25, 0.3) is 0 Å². The summed E-state index contributed by atoms with van der Waals surface area (Å²) in [6.07, 6.45) is 2.94. The fourth-order valence-electron chi connectivity index (χ4n) is 1.04. The summed E-state index contributed by atoms with van der Waals surface area (Å²) in [4.78, 5) is 10.9. The number of nitrogens with one attached hydrogen (secondary N) is 1. The summed E-state index contributed by atoms with van der Waals surface area (Å²) in [5.74, 6) is 0.213. The molecule has 0 fully saturated rings. The summed E-state index contributed by atoms with van der Waals surface area (Å²) in [6.45, 7) is 2.33. The van der Waals surface area contributed by atoms with E-state index in [2.05, 4.69) is 5.32 Å². The topological polar surface area (TPSA) is 55.1 Å². The molecular weight excluding hydrogens is 140 g/mol. The number of hydrogen-bond acceptors (Lipinski definition) is 3. The summed E-state index contributed by atoms with van der Waals surface area (Å²) >= 11 is 0. The van der Waals surface area contributed by atoms with Crippen LogP contribution in [0.15, 0.2) is 0 Å². The Hall–Kier alpha value is -0.410. The second kappa shape index (κ2) is 6.31. The quantitative estimate of drug-likeness (QED) is 0.546. The van der Waals surface area contributed by atoms with E-state index in [-0.39, 0.29) is 11.8 Å². The van der Waals surface area contributed by atoms with Gasteiger partial charge in [-0.05, 0) is 33.4 Å². The van der Waals surface area contributed by atoms with Gasteiger partial charge < -0.3 is 11.1 Å². The SMILES string of the molecule is CN[C@@H](CCCCN)C(C)=O. The number of carbonyl (C=O) groups is 1. The molecule has 0 aromatic rings. The number of likely N-dealkylation sites (N-methyl/N-ethyl adjacent to an activating group) is 1. The van der Waals surface area contributed by atoms with Gasteiger partial charge in [0.05, 0.1) is 6.04 Å². The van der Waals surface area contributed by atoms with Gasteiger partial charge in [-0.1, -0.05) is 6.42 Å². The fourth-order valence-corrected chi connectivity index (χ4v) is 1.04. The van der Waals surface area contributed by atoms with Gasteiger partial charge in [0, 0.05) is 0 Å². The maximum atomic E-state index is 10.9. The summed E-state index contributed by atoms with van der Waals surface area (Å²) in [6, 6.07) is 0.0292. The normalized spacial score (nSPS) is 13.0. The molecule has 0 amide bonds. The maximum Gasteiger partial charge on any atom is 0.146 e. The van der Waals surface area contributed by atoms with Gasteiger partial charge >= 0.3 is 0 Å². The standard InChI is InChI=1S/C8H18N2O/c1-7(11)8(10-2)5-3-4-6-9/h8,10H,3-6,9H2,1-2H3/t8-/m0/s1. The third kappa shape index (κ3) is 4.93. The van der Waals surface area contributed by atoms with Crippen LogP contribution in [0.2, 0.25) is 0 Å². The van der Waals surface area contributed by atoms with Crippen LogP contribution in [-0.2, 0) is 4.79 Å². The molecular formula is C8H18N2O. The van der Waals surface area contributed by atoms with Crippen LogP contribution in [0.4, 0.5) is 0 Å². The molecule has 0 rings (SSSR count). The lowest BCUT2D eigenvalue weighted by Crippen LogP contribution is -2.32. The maximum absolute atomic E-state index is 10.9. The Morgan fingerprint density at radius 2 is 2.18 bits per heavy atom. The van der Waals surface area contributed by atoms with Crippen molar-refractivity contribution in [3.8, 4) is 0 Å². The smallest absolute Gasteiger partial charge is 0.146 e. The highest BCUT2D eigenvalue weighted by Crippen LogP contribution is 2.00. The lowest BCUT2D eigenvalue weighted by Gasteiger charge is -2.11. The molecule has 0 radical (unpaired) electrons. The Kier molecular flexibility index (Phi) is 6.07. The van der Waals surface area contributed by atoms with Crippen LogP contribution < -0.4 is 11.1 Å². The lowest BCUT2D eigenvalue weighted by molar-refractivity contribution is -0.119. The minimum atomic E-state index is 0.0292. The Morgan fingerprint density at radius 1 is 1.55 bits per heavy atom. The largest absolute Gasteiger partial charge is 0.330 e. The Morgan fingerprint density at radius 3 is 2.55 bits per heavy atom. The number of rotatable bonds is 6. The molecule has 66 valence electrons. The molecule has 0 spiro atoms.